The second-order valence-corrected chi connectivity index (χ2v) is 6.57. The molecule has 3 atom stereocenters. The van der Waals surface area contributed by atoms with Gasteiger partial charge < -0.3 is 14.8 Å². The number of aromatic nitrogens is 1. The largest absolute Gasteiger partial charge is 0.481 e. The lowest BCUT2D eigenvalue weighted by Crippen LogP contribution is -2.18. The first kappa shape index (κ1) is 16.5. The summed E-state index contributed by atoms with van der Waals surface area (Å²) in [7, 11) is 1.60. The van der Waals surface area contributed by atoms with Crippen molar-refractivity contribution in [3.8, 4) is 6.07 Å². The monoisotopic (exact) mass is 330 g/mol. The quantitative estimate of drug-likeness (QED) is 0.829. The molecule has 1 aliphatic carbocycles. The summed E-state index contributed by atoms with van der Waals surface area (Å²) in [6, 6.07) is 6.92. The minimum atomic E-state index is -0.892. The SMILES string of the molecule is Cn1c(F)cc2c(C3CCC(C(=O)O)CC(O)C3)cc(C#N)cc21. The Morgan fingerprint density at radius 3 is 2.75 bits per heavy atom. The lowest BCUT2D eigenvalue weighted by molar-refractivity contribution is -0.142. The van der Waals surface area contributed by atoms with E-state index in [0.717, 1.165) is 10.9 Å². The van der Waals surface area contributed by atoms with E-state index in [0.29, 0.717) is 30.3 Å². The van der Waals surface area contributed by atoms with E-state index in [4.69, 9.17) is 0 Å². The second kappa shape index (κ2) is 6.25. The van der Waals surface area contributed by atoms with Crippen LogP contribution in [0.2, 0.25) is 0 Å². The van der Waals surface area contributed by atoms with Crippen molar-refractivity contribution in [2.45, 2.75) is 37.7 Å². The molecule has 126 valence electrons. The van der Waals surface area contributed by atoms with Crippen molar-refractivity contribution in [2.75, 3.05) is 0 Å². The van der Waals surface area contributed by atoms with Crippen molar-refractivity contribution in [2.24, 2.45) is 13.0 Å². The number of nitrogens with zero attached hydrogens (tertiary/aromatic N) is 2. The Morgan fingerprint density at radius 2 is 2.08 bits per heavy atom. The Bertz CT molecular complexity index is 837. The summed E-state index contributed by atoms with van der Waals surface area (Å²) < 4.78 is 15.4. The Balaban J connectivity index is 2.06. The highest BCUT2D eigenvalue weighted by atomic mass is 19.1. The first-order valence-electron chi connectivity index (χ1n) is 8.00. The minimum absolute atomic E-state index is 0.0954. The maximum Gasteiger partial charge on any atom is 0.306 e. The molecule has 0 spiro atoms. The van der Waals surface area contributed by atoms with Crippen molar-refractivity contribution < 1.29 is 19.4 Å². The fourth-order valence-corrected chi connectivity index (χ4v) is 3.73. The molecule has 24 heavy (non-hydrogen) atoms. The van der Waals surface area contributed by atoms with Gasteiger partial charge in [0.1, 0.15) is 0 Å². The number of aliphatic hydroxyl groups excluding tert-OH is 1. The number of carbonyl (C=O) groups is 1. The lowest BCUT2D eigenvalue weighted by Gasteiger charge is -2.18. The summed E-state index contributed by atoms with van der Waals surface area (Å²) in [6.45, 7) is 0. The molecule has 1 heterocycles. The van der Waals surface area contributed by atoms with E-state index in [1.54, 1.807) is 19.2 Å². The summed E-state index contributed by atoms with van der Waals surface area (Å²) in [5.74, 6) is -1.94. The maximum atomic E-state index is 14.0. The number of aryl methyl sites for hydroxylation is 1. The van der Waals surface area contributed by atoms with Crippen molar-refractivity contribution in [1.82, 2.24) is 4.57 Å². The van der Waals surface area contributed by atoms with Crippen LogP contribution in [0.1, 0.15) is 42.7 Å². The number of fused-ring (bicyclic) bond motifs is 1. The molecule has 1 aromatic carbocycles. The van der Waals surface area contributed by atoms with Crippen LogP contribution in [0.3, 0.4) is 0 Å². The highest BCUT2D eigenvalue weighted by Gasteiger charge is 2.30. The van der Waals surface area contributed by atoms with Crippen LogP contribution >= 0.6 is 0 Å². The number of rotatable bonds is 2. The normalized spacial score (nSPS) is 24.5. The van der Waals surface area contributed by atoms with Crippen molar-refractivity contribution in [3.05, 3.63) is 35.3 Å². The molecular weight excluding hydrogens is 311 g/mol. The van der Waals surface area contributed by atoms with Crippen molar-refractivity contribution in [3.63, 3.8) is 0 Å². The zero-order chi connectivity index (χ0) is 17.4. The Labute approximate surface area is 138 Å². The average molecular weight is 330 g/mol. The second-order valence-electron chi connectivity index (χ2n) is 6.57. The molecule has 1 saturated carbocycles. The van der Waals surface area contributed by atoms with Crippen LogP contribution in [-0.4, -0.2) is 26.9 Å². The fourth-order valence-electron chi connectivity index (χ4n) is 3.73. The van der Waals surface area contributed by atoms with E-state index in [1.807, 2.05) is 0 Å². The third kappa shape index (κ3) is 2.87. The van der Waals surface area contributed by atoms with Crippen LogP contribution in [0.25, 0.3) is 10.9 Å². The number of hydrogen-bond acceptors (Lipinski definition) is 3. The van der Waals surface area contributed by atoms with E-state index in [9.17, 15) is 24.7 Å². The number of carboxylic acids is 1. The summed E-state index contributed by atoms with van der Waals surface area (Å²) in [5.41, 5.74) is 1.89. The average Bonchev–Trinajstić information content (AvgIpc) is 2.72. The molecule has 0 aliphatic heterocycles. The van der Waals surface area contributed by atoms with Crippen molar-refractivity contribution in [1.29, 1.82) is 5.26 Å². The summed E-state index contributed by atoms with van der Waals surface area (Å²) in [4.78, 5) is 11.2. The number of aliphatic carboxylic acids is 1. The summed E-state index contributed by atoms with van der Waals surface area (Å²) >= 11 is 0. The number of benzene rings is 1. The smallest absolute Gasteiger partial charge is 0.306 e. The Morgan fingerprint density at radius 1 is 1.33 bits per heavy atom. The van der Waals surface area contributed by atoms with Gasteiger partial charge in [-0.15, -0.1) is 0 Å². The molecule has 0 amide bonds. The van der Waals surface area contributed by atoms with Gasteiger partial charge in [0.05, 0.1) is 29.2 Å². The first-order chi connectivity index (χ1) is 11.4. The molecule has 3 rings (SSSR count). The highest BCUT2D eigenvalue weighted by molar-refractivity contribution is 5.86. The molecule has 0 bridgehead atoms. The predicted octanol–water partition coefficient (Wildman–Crippen LogP) is 2.91. The zero-order valence-corrected chi connectivity index (χ0v) is 13.4. The molecule has 0 saturated heterocycles. The lowest BCUT2D eigenvalue weighted by atomic mass is 9.87. The summed E-state index contributed by atoms with van der Waals surface area (Å²) in [6.07, 6.45) is 0.993. The van der Waals surface area contributed by atoms with Gasteiger partial charge >= 0.3 is 5.97 Å². The molecular formula is C18H19FN2O3. The Kier molecular flexibility index (Phi) is 4.29. The van der Waals surface area contributed by atoms with Gasteiger partial charge in [-0.05, 0) is 49.3 Å². The van der Waals surface area contributed by atoms with Gasteiger partial charge in [0.15, 0.2) is 5.95 Å². The van der Waals surface area contributed by atoms with Gasteiger partial charge in [-0.1, -0.05) is 0 Å². The number of hydrogen-bond donors (Lipinski definition) is 2. The van der Waals surface area contributed by atoms with Crippen LogP contribution in [0.4, 0.5) is 4.39 Å². The first-order valence-corrected chi connectivity index (χ1v) is 8.00. The molecule has 1 fully saturated rings. The zero-order valence-electron chi connectivity index (χ0n) is 13.4. The fraction of sp³-hybridized carbons (Fsp3) is 0.444. The van der Waals surface area contributed by atoms with Gasteiger partial charge in [0, 0.05) is 18.5 Å². The molecule has 6 heteroatoms. The Hall–Kier alpha value is -2.39. The van der Waals surface area contributed by atoms with Crippen LogP contribution in [0.5, 0.6) is 0 Å². The molecule has 2 N–H and O–H groups in total. The standard InChI is InChI=1S/C18H19FN2O3/c1-21-16-5-10(9-20)4-14(15(16)8-17(21)19)11-2-3-12(18(23)24)7-13(22)6-11/h4-5,8,11-13,22H,2-3,6-7H2,1H3,(H,23,24). The summed E-state index contributed by atoms with van der Waals surface area (Å²) in [5, 5.41) is 29.4. The van der Waals surface area contributed by atoms with Crippen LogP contribution in [-0.2, 0) is 11.8 Å². The molecule has 1 aliphatic rings. The van der Waals surface area contributed by atoms with E-state index >= 15 is 0 Å². The van der Waals surface area contributed by atoms with E-state index in [-0.39, 0.29) is 18.3 Å². The predicted molar refractivity (Wildman–Crippen MR) is 85.9 cm³/mol. The van der Waals surface area contributed by atoms with Gasteiger partial charge in [-0.2, -0.15) is 9.65 Å². The molecule has 5 nitrogen and oxygen atoms in total. The maximum absolute atomic E-state index is 14.0. The molecule has 2 aromatic rings. The molecule has 1 aromatic heterocycles. The number of nitriles is 1. The highest BCUT2D eigenvalue weighted by Crippen LogP contribution is 2.38. The third-order valence-electron chi connectivity index (χ3n) is 5.03. The van der Waals surface area contributed by atoms with E-state index in [1.165, 1.54) is 10.6 Å². The van der Waals surface area contributed by atoms with Crippen LogP contribution in [0.15, 0.2) is 18.2 Å². The number of halogens is 1. The van der Waals surface area contributed by atoms with E-state index in [2.05, 4.69) is 6.07 Å². The molecule has 0 radical (unpaired) electrons. The van der Waals surface area contributed by atoms with Gasteiger partial charge in [-0.25, -0.2) is 0 Å². The van der Waals surface area contributed by atoms with Crippen LogP contribution < -0.4 is 0 Å². The van der Waals surface area contributed by atoms with Gasteiger partial charge in [0.25, 0.3) is 0 Å². The van der Waals surface area contributed by atoms with E-state index < -0.39 is 18.0 Å². The number of carboxylic acid groups (broad SMARTS) is 1. The van der Waals surface area contributed by atoms with Crippen LogP contribution in [0, 0.1) is 23.2 Å². The number of aliphatic hydroxyl groups is 1. The third-order valence-corrected chi connectivity index (χ3v) is 5.03. The van der Waals surface area contributed by atoms with Gasteiger partial charge in [0.2, 0.25) is 0 Å². The molecule has 3 unspecified atom stereocenters. The topological polar surface area (TPSA) is 86.2 Å². The van der Waals surface area contributed by atoms with Gasteiger partial charge in [-0.3, -0.25) is 4.79 Å². The van der Waals surface area contributed by atoms with Crippen molar-refractivity contribution >= 4 is 16.9 Å². The minimum Gasteiger partial charge on any atom is -0.481 e.